The van der Waals surface area contributed by atoms with Crippen molar-refractivity contribution in [2.75, 3.05) is 26.4 Å². The maximum Gasteiger partial charge on any atom is 0.416 e. The molecule has 0 bridgehead atoms. The number of carbonyl (C=O) groups is 1. The first-order valence-corrected chi connectivity index (χ1v) is 8.87. The predicted molar refractivity (Wildman–Crippen MR) is 89.0 cm³/mol. The Morgan fingerprint density at radius 2 is 1.96 bits per heavy atom. The average molecular weight is 388 g/mol. The smallest absolute Gasteiger partial charge is 0.416 e. The Labute approximate surface area is 155 Å². The van der Waals surface area contributed by atoms with Gasteiger partial charge >= 0.3 is 12.1 Å². The van der Waals surface area contributed by atoms with Crippen molar-refractivity contribution in [1.29, 1.82) is 0 Å². The van der Waals surface area contributed by atoms with Crippen LogP contribution in [-0.2, 0) is 35.3 Å². The summed E-state index contributed by atoms with van der Waals surface area (Å²) in [7, 11) is 0. The lowest BCUT2D eigenvalue weighted by molar-refractivity contribution is -0.165. The average Bonchev–Trinajstić information content (AvgIpc) is 2.98. The normalized spacial score (nSPS) is 24.6. The van der Waals surface area contributed by atoms with Crippen LogP contribution in [-0.4, -0.2) is 44.3 Å². The van der Waals surface area contributed by atoms with E-state index < -0.39 is 35.0 Å². The van der Waals surface area contributed by atoms with E-state index in [4.69, 9.17) is 18.9 Å². The lowest BCUT2D eigenvalue weighted by Crippen LogP contribution is -2.43. The molecule has 2 heterocycles. The van der Waals surface area contributed by atoms with Crippen LogP contribution in [0.25, 0.3) is 0 Å². The molecule has 1 aromatic rings. The zero-order chi connectivity index (χ0) is 19.7. The van der Waals surface area contributed by atoms with Crippen molar-refractivity contribution in [2.24, 2.45) is 0 Å². The summed E-state index contributed by atoms with van der Waals surface area (Å²) in [5, 5.41) is 0. The molecule has 0 radical (unpaired) electrons. The van der Waals surface area contributed by atoms with Gasteiger partial charge in [0.15, 0.2) is 5.79 Å². The van der Waals surface area contributed by atoms with Crippen LogP contribution in [0.5, 0.6) is 0 Å². The predicted octanol–water partition coefficient (Wildman–Crippen LogP) is 3.45. The summed E-state index contributed by atoms with van der Waals surface area (Å²) in [5.74, 6) is -1.30. The first kappa shape index (κ1) is 20.1. The van der Waals surface area contributed by atoms with Gasteiger partial charge in [0, 0.05) is 13.2 Å². The molecule has 150 valence electrons. The maximum atomic E-state index is 13.1. The number of ether oxygens (including phenoxy) is 4. The van der Waals surface area contributed by atoms with E-state index in [1.807, 2.05) is 0 Å². The maximum absolute atomic E-state index is 13.1. The fourth-order valence-corrected chi connectivity index (χ4v) is 3.48. The summed E-state index contributed by atoms with van der Waals surface area (Å²) < 4.78 is 61.2. The van der Waals surface area contributed by atoms with Gasteiger partial charge in [-0.05, 0) is 38.3 Å². The van der Waals surface area contributed by atoms with Crippen LogP contribution in [0, 0.1) is 0 Å². The monoisotopic (exact) mass is 388 g/mol. The topological polar surface area (TPSA) is 54.0 Å². The Balaban J connectivity index is 1.79. The van der Waals surface area contributed by atoms with Gasteiger partial charge in [0.2, 0.25) is 0 Å². The van der Waals surface area contributed by atoms with Crippen molar-refractivity contribution < 1.29 is 36.9 Å². The number of benzene rings is 1. The fourth-order valence-electron chi connectivity index (χ4n) is 3.48. The lowest BCUT2D eigenvalue weighted by atomic mass is 9.73. The van der Waals surface area contributed by atoms with E-state index in [2.05, 4.69) is 0 Å². The minimum absolute atomic E-state index is 0.0101. The van der Waals surface area contributed by atoms with Gasteiger partial charge in [-0.25, -0.2) is 0 Å². The second-order valence-corrected chi connectivity index (χ2v) is 7.32. The largest absolute Gasteiger partial charge is 0.462 e. The molecule has 2 saturated heterocycles. The molecule has 1 atom stereocenters. The minimum atomic E-state index is -4.48. The SMILES string of the molecule is CC1(C)OC[C@H](COC(=O)C2(c3cccc(C(F)(F)F)c3)CCOCC2)O1. The van der Waals surface area contributed by atoms with E-state index in [0.717, 1.165) is 12.1 Å². The van der Waals surface area contributed by atoms with E-state index in [0.29, 0.717) is 12.2 Å². The Bertz CT molecular complexity index is 680. The molecule has 2 aliphatic rings. The van der Waals surface area contributed by atoms with Crippen LogP contribution < -0.4 is 0 Å². The highest BCUT2D eigenvalue weighted by Crippen LogP contribution is 2.39. The second-order valence-electron chi connectivity index (χ2n) is 7.32. The van der Waals surface area contributed by atoms with Crippen molar-refractivity contribution in [3.05, 3.63) is 35.4 Å². The zero-order valence-electron chi connectivity index (χ0n) is 15.3. The number of hydrogen-bond donors (Lipinski definition) is 0. The molecule has 2 fully saturated rings. The molecule has 3 rings (SSSR count). The Morgan fingerprint density at radius 3 is 2.56 bits per heavy atom. The number of esters is 1. The summed E-state index contributed by atoms with van der Waals surface area (Å²) in [5.41, 5.74) is -1.64. The van der Waals surface area contributed by atoms with Crippen LogP contribution in [0.2, 0.25) is 0 Å². The van der Waals surface area contributed by atoms with Gasteiger partial charge < -0.3 is 18.9 Å². The molecule has 0 spiro atoms. The van der Waals surface area contributed by atoms with E-state index in [1.165, 1.54) is 6.07 Å². The zero-order valence-corrected chi connectivity index (χ0v) is 15.3. The third-order valence-corrected chi connectivity index (χ3v) is 4.95. The van der Waals surface area contributed by atoms with Gasteiger partial charge in [0.1, 0.15) is 12.7 Å². The van der Waals surface area contributed by atoms with Gasteiger partial charge in [-0.2, -0.15) is 13.2 Å². The molecule has 27 heavy (non-hydrogen) atoms. The van der Waals surface area contributed by atoms with E-state index in [9.17, 15) is 18.0 Å². The molecule has 0 aliphatic carbocycles. The highest BCUT2D eigenvalue weighted by molar-refractivity contribution is 5.83. The standard InChI is InChI=1S/C19H23F3O5/c1-17(2)26-12-15(27-17)11-25-16(23)18(6-8-24-9-7-18)13-4-3-5-14(10-13)19(20,21)22/h3-5,10,15H,6-9,11-12H2,1-2H3/t15-/m0/s1. The van der Waals surface area contributed by atoms with Crippen LogP contribution >= 0.6 is 0 Å². The molecular formula is C19H23F3O5. The van der Waals surface area contributed by atoms with Crippen LogP contribution in [0.3, 0.4) is 0 Å². The number of halogens is 3. The van der Waals surface area contributed by atoms with Crippen molar-refractivity contribution in [3.63, 3.8) is 0 Å². The molecule has 0 saturated carbocycles. The van der Waals surface area contributed by atoms with Gasteiger partial charge in [0.25, 0.3) is 0 Å². The third kappa shape index (κ3) is 4.44. The number of rotatable bonds is 4. The molecule has 0 aromatic heterocycles. The summed E-state index contributed by atoms with van der Waals surface area (Å²) in [6, 6.07) is 4.89. The fraction of sp³-hybridized carbons (Fsp3) is 0.632. The molecule has 0 unspecified atom stereocenters. The van der Waals surface area contributed by atoms with E-state index >= 15 is 0 Å². The molecule has 8 heteroatoms. The van der Waals surface area contributed by atoms with Gasteiger partial charge in [-0.3, -0.25) is 4.79 Å². The lowest BCUT2D eigenvalue weighted by Gasteiger charge is -2.35. The van der Waals surface area contributed by atoms with Crippen LogP contribution in [0.15, 0.2) is 24.3 Å². The molecule has 0 N–H and O–H groups in total. The minimum Gasteiger partial charge on any atom is -0.462 e. The third-order valence-electron chi connectivity index (χ3n) is 4.95. The Hall–Kier alpha value is -1.64. The molecule has 2 aliphatic heterocycles. The summed E-state index contributed by atoms with van der Waals surface area (Å²) >= 11 is 0. The van der Waals surface area contributed by atoms with E-state index in [1.54, 1.807) is 19.9 Å². The quantitative estimate of drug-likeness (QED) is 0.740. The molecule has 5 nitrogen and oxygen atoms in total. The van der Waals surface area contributed by atoms with Crippen molar-refractivity contribution >= 4 is 5.97 Å². The van der Waals surface area contributed by atoms with Gasteiger partial charge in [0.05, 0.1) is 17.6 Å². The molecule has 0 amide bonds. The summed E-state index contributed by atoms with van der Waals surface area (Å²) in [6.45, 7) is 4.36. The second kappa shape index (κ2) is 7.41. The van der Waals surface area contributed by atoms with Crippen molar-refractivity contribution in [3.8, 4) is 0 Å². The molecule has 1 aromatic carbocycles. The Morgan fingerprint density at radius 1 is 1.26 bits per heavy atom. The van der Waals surface area contributed by atoms with Crippen LogP contribution in [0.4, 0.5) is 13.2 Å². The van der Waals surface area contributed by atoms with Gasteiger partial charge in [-0.1, -0.05) is 18.2 Å². The van der Waals surface area contributed by atoms with Crippen LogP contribution in [0.1, 0.15) is 37.8 Å². The summed E-state index contributed by atoms with van der Waals surface area (Å²) in [4.78, 5) is 12.9. The highest BCUT2D eigenvalue weighted by Gasteiger charge is 2.45. The first-order valence-electron chi connectivity index (χ1n) is 8.87. The Kier molecular flexibility index (Phi) is 5.52. The summed E-state index contributed by atoms with van der Waals surface area (Å²) in [6.07, 6.45) is -4.35. The van der Waals surface area contributed by atoms with E-state index in [-0.39, 0.29) is 32.7 Å². The number of alkyl halides is 3. The van der Waals surface area contributed by atoms with Crippen molar-refractivity contribution in [2.45, 2.75) is 50.2 Å². The first-order chi connectivity index (χ1) is 12.6. The van der Waals surface area contributed by atoms with Crippen molar-refractivity contribution in [1.82, 2.24) is 0 Å². The van der Waals surface area contributed by atoms with Gasteiger partial charge in [-0.15, -0.1) is 0 Å². The number of hydrogen-bond acceptors (Lipinski definition) is 5. The molecular weight excluding hydrogens is 365 g/mol. The highest BCUT2D eigenvalue weighted by atomic mass is 19.4. The number of carbonyl (C=O) groups excluding carboxylic acids is 1.